The normalized spacial score (nSPS) is 10.9. The molecule has 6 heteroatoms. The number of methoxy groups -OCH3 is 1. The molecule has 0 fully saturated rings. The molecule has 136 valence electrons. The highest BCUT2D eigenvalue weighted by Gasteiger charge is 2.13. The van der Waals surface area contributed by atoms with Crippen molar-refractivity contribution in [2.75, 3.05) is 7.11 Å². The van der Waals surface area contributed by atoms with E-state index in [4.69, 9.17) is 4.74 Å². The van der Waals surface area contributed by atoms with Gasteiger partial charge in [-0.05, 0) is 38.8 Å². The van der Waals surface area contributed by atoms with Crippen LogP contribution in [0.5, 0.6) is 5.75 Å². The number of hydrogen-bond donors (Lipinski definition) is 1. The molecule has 0 aliphatic rings. The van der Waals surface area contributed by atoms with E-state index in [-0.39, 0.29) is 5.91 Å². The van der Waals surface area contributed by atoms with Crippen molar-refractivity contribution in [2.24, 2.45) is 0 Å². The molecule has 0 saturated carbocycles. The molecular formula is C20H24N4O2. The maximum absolute atomic E-state index is 12.3. The van der Waals surface area contributed by atoms with Gasteiger partial charge in [-0.3, -0.25) is 4.79 Å². The van der Waals surface area contributed by atoms with Crippen LogP contribution in [0.15, 0.2) is 30.3 Å². The highest BCUT2D eigenvalue weighted by Crippen LogP contribution is 2.18. The molecule has 0 atom stereocenters. The Labute approximate surface area is 153 Å². The van der Waals surface area contributed by atoms with Gasteiger partial charge in [-0.1, -0.05) is 18.2 Å². The zero-order chi connectivity index (χ0) is 18.7. The average molecular weight is 352 g/mol. The summed E-state index contributed by atoms with van der Waals surface area (Å²) in [5, 5.41) is 7.44. The Morgan fingerprint density at radius 1 is 1.23 bits per heavy atom. The van der Waals surface area contributed by atoms with Crippen LogP contribution in [-0.4, -0.2) is 27.6 Å². The van der Waals surface area contributed by atoms with Gasteiger partial charge in [0.05, 0.1) is 12.8 Å². The summed E-state index contributed by atoms with van der Waals surface area (Å²) in [4.78, 5) is 16.9. The Hall–Kier alpha value is -2.89. The quantitative estimate of drug-likeness (QED) is 0.741. The van der Waals surface area contributed by atoms with E-state index < -0.39 is 0 Å². The van der Waals surface area contributed by atoms with Gasteiger partial charge in [-0.25, -0.2) is 9.50 Å². The molecule has 1 amide bonds. The number of carbonyl (C=O) groups is 1. The second-order valence-corrected chi connectivity index (χ2v) is 6.41. The lowest BCUT2D eigenvalue weighted by molar-refractivity contribution is -0.121. The molecule has 2 aromatic heterocycles. The van der Waals surface area contributed by atoms with Crippen molar-refractivity contribution >= 4 is 11.6 Å². The van der Waals surface area contributed by atoms with E-state index in [1.807, 2.05) is 55.6 Å². The Balaban J connectivity index is 1.65. The summed E-state index contributed by atoms with van der Waals surface area (Å²) in [7, 11) is 1.63. The summed E-state index contributed by atoms with van der Waals surface area (Å²) < 4.78 is 7.16. The number of ether oxygens (including phenoxy) is 1. The molecule has 0 unspecified atom stereocenters. The van der Waals surface area contributed by atoms with Crippen LogP contribution in [-0.2, 0) is 17.8 Å². The zero-order valence-electron chi connectivity index (χ0n) is 15.7. The predicted octanol–water partition coefficient (Wildman–Crippen LogP) is 2.91. The van der Waals surface area contributed by atoms with E-state index in [2.05, 4.69) is 15.4 Å². The number of rotatable bonds is 6. The average Bonchev–Trinajstić information content (AvgIpc) is 3.00. The van der Waals surface area contributed by atoms with Crippen LogP contribution in [0.25, 0.3) is 5.65 Å². The number of amides is 1. The molecule has 0 bridgehead atoms. The largest absolute Gasteiger partial charge is 0.496 e. The minimum atomic E-state index is 0.00597. The fourth-order valence-corrected chi connectivity index (χ4v) is 3.17. The number of carbonyl (C=O) groups excluding carboxylic acids is 1. The van der Waals surface area contributed by atoms with Gasteiger partial charge in [-0.2, -0.15) is 5.10 Å². The van der Waals surface area contributed by atoms with Gasteiger partial charge in [-0.15, -0.1) is 0 Å². The van der Waals surface area contributed by atoms with Crippen molar-refractivity contribution in [2.45, 2.75) is 40.2 Å². The highest BCUT2D eigenvalue weighted by atomic mass is 16.5. The van der Waals surface area contributed by atoms with Gasteiger partial charge in [0.1, 0.15) is 5.75 Å². The summed E-state index contributed by atoms with van der Waals surface area (Å²) in [6.45, 7) is 6.42. The monoisotopic (exact) mass is 352 g/mol. The first-order chi connectivity index (χ1) is 12.5. The van der Waals surface area contributed by atoms with E-state index in [1.54, 1.807) is 7.11 Å². The van der Waals surface area contributed by atoms with E-state index in [1.165, 1.54) is 0 Å². The Kier molecular flexibility index (Phi) is 5.21. The standard InChI is InChI=1S/C20H24N4O2/c1-13-11-19-22-14(2)17(15(3)24(19)23-13)9-10-20(25)21-12-16-7-5-6-8-18(16)26-4/h5-8,11H,9-10,12H2,1-4H3,(H,21,25). The molecule has 1 aromatic carbocycles. The summed E-state index contributed by atoms with van der Waals surface area (Å²) in [5.74, 6) is 0.787. The molecule has 3 rings (SSSR count). The number of aromatic nitrogens is 3. The molecule has 0 aliphatic heterocycles. The molecule has 26 heavy (non-hydrogen) atoms. The van der Waals surface area contributed by atoms with Crippen LogP contribution < -0.4 is 10.1 Å². The molecule has 0 spiro atoms. The molecule has 0 radical (unpaired) electrons. The highest BCUT2D eigenvalue weighted by molar-refractivity contribution is 5.76. The summed E-state index contributed by atoms with van der Waals surface area (Å²) in [6.07, 6.45) is 1.04. The second kappa shape index (κ2) is 7.56. The predicted molar refractivity (Wildman–Crippen MR) is 100 cm³/mol. The first-order valence-corrected chi connectivity index (χ1v) is 8.70. The van der Waals surface area contributed by atoms with Gasteiger partial charge in [0.25, 0.3) is 0 Å². The first-order valence-electron chi connectivity index (χ1n) is 8.70. The fraction of sp³-hybridized carbons (Fsp3) is 0.350. The Bertz CT molecular complexity index is 946. The van der Waals surface area contributed by atoms with Gasteiger partial charge < -0.3 is 10.1 Å². The van der Waals surface area contributed by atoms with E-state index >= 15 is 0 Å². The minimum Gasteiger partial charge on any atom is -0.496 e. The molecule has 0 saturated heterocycles. The van der Waals surface area contributed by atoms with E-state index in [0.717, 1.165) is 39.6 Å². The number of nitrogens with one attached hydrogen (secondary N) is 1. The van der Waals surface area contributed by atoms with Crippen molar-refractivity contribution in [3.05, 3.63) is 58.5 Å². The van der Waals surface area contributed by atoms with Gasteiger partial charge >= 0.3 is 0 Å². The van der Waals surface area contributed by atoms with Crippen LogP contribution in [0.4, 0.5) is 0 Å². The van der Waals surface area contributed by atoms with Crippen molar-refractivity contribution < 1.29 is 9.53 Å². The molecular weight excluding hydrogens is 328 g/mol. The number of aryl methyl sites for hydroxylation is 3. The van der Waals surface area contributed by atoms with Crippen LogP contribution in [0.1, 0.15) is 34.6 Å². The van der Waals surface area contributed by atoms with Crippen molar-refractivity contribution in [1.29, 1.82) is 0 Å². The number of benzene rings is 1. The van der Waals surface area contributed by atoms with Crippen molar-refractivity contribution in [3.63, 3.8) is 0 Å². The smallest absolute Gasteiger partial charge is 0.220 e. The maximum Gasteiger partial charge on any atom is 0.220 e. The van der Waals surface area contributed by atoms with Gasteiger partial charge in [0.2, 0.25) is 5.91 Å². The SMILES string of the molecule is COc1ccccc1CNC(=O)CCc1c(C)nc2cc(C)nn2c1C. The van der Waals surface area contributed by atoms with E-state index in [9.17, 15) is 4.79 Å². The zero-order valence-corrected chi connectivity index (χ0v) is 15.7. The number of fused-ring (bicyclic) bond motifs is 1. The number of hydrogen-bond acceptors (Lipinski definition) is 4. The fourth-order valence-electron chi connectivity index (χ4n) is 3.17. The van der Waals surface area contributed by atoms with Crippen molar-refractivity contribution in [3.8, 4) is 5.75 Å². The lowest BCUT2D eigenvalue weighted by atomic mass is 10.1. The maximum atomic E-state index is 12.3. The van der Waals surface area contributed by atoms with Gasteiger partial charge in [0, 0.05) is 36.0 Å². The molecule has 6 nitrogen and oxygen atoms in total. The lowest BCUT2D eigenvalue weighted by Gasteiger charge is -2.12. The van der Waals surface area contributed by atoms with Gasteiger partial charge in [0.15, 0.2) is 5.65 Å². The lowest BCUT2D eigenvalue weighted by Crippen LogP contribution is -2.23. The molecule has 2 heterocycles. The second-order valence-electron chi connectivity index (χ2n) is 6.41. The summed E-state index contributed by atoms with van der Waals surface area (Å²) in [6, 6.07) is 9.65. The third-order valence-electron chi connectivity index (χ3n) is 4.56. The molecule has 3 aromatic rings. The van der Waals surface area contributed by atoms with Crippen LogP contribution in [0.3, 0.4) is 0 Å². The van der Waals surface area contributed by atoms with E-state index in [0.29, 0.717) is 19.4 Å². The molecule has 0 aliphatic carbocycles. The Morgan fingerprint density at radius 3 is 2.77 bits per heavy atom. The third-order valence-corrected chi connectivity index (χ3v) is 4.56. The van der Waals surface area contributed by atoms with Crippen molar-refractivity contribution in [1.82, 2.24) is 19.9 Å². The molecule has 1 N–H and O–H groups in total. The first kappa shape index (κ1) is 17.9. The Morgan fingerprint density at radius 2 is 2.00 bits per heavy atom. The minimum absolute atomic E-state index is 0.00597. The summed E-state index contributed by atoms with van der Waals surface area (Å²) >= 11 is 0. The van der Waals surface area contributed by atoms with Crippen LogP contribution in [0.2, 0.25) is 0 Å². The van der Waals surface area contributed by atoms with Crippen LogP contribution >= 0.6 is 0 Å². The topological polar surface area (TPSA) is 68.5 Å². The third kappa shape index (κ3) is 3.69. The summed E-state index contributed by atoms with van der Waals surface area (Å²) in [5.41, 5.74) is 5.82. The number of para-hydroxylation sites is 1. The number of nitrogens with zero attached hydrogens (tertiary/aromatic N) is 3. The van der Waals surface area contributed by atoms with Crippen LogP contribution in [0, 0.1) is 20.8 Å².